The van der Waals surface area contributed by atoms with Crippen molar-refractivity contribution in [3.63, 3.8) is 0 Å². The van der Waals surface area contributed by atoms with Crippen molar-refractivity contribution >= 4 is 11.8 Å². The van der Waals surface area contributed by atoms with Crippen molar-refractivity contribution in [3.05, 3.63) is 35.4 Å². The van der Waals surface area contributed by atoms with E-state index in [2.05, 4.69) is 12.2 Å². The second-order valence-electron chi connectivity index (χ2n) is 6.84. The lowest BCUT2D eigenvalue weighted by molar-refractivity contribution is -0.132. The highest BCUT2D eigenvalue weighted by Crippen LogP contribution is 2.28. The smallest absolute Gasteiger partial charge is 0.241 e. The number of nitrogens with zero attached hydrogens (tertiary/aromatic N) is 1. The minimum atomic E-state index is -0.0836. The van der Waals surface area contributed by atoms with Crippen molar-refractivity contribution in [2.45, 2.75) is 33.1 Å². The van der Waals surface area contributed by atoms with Gasteiger partial charge in [0, 0.05) is 19.5 Å². The average molecular weight is 317 g/mol. The number of likely N-dealkylation sites (tertiary alicyclic amines) is 1. The van der Waals surface area contributed by atoms with Crippen LogP contribution in [0.5, 0.6) is 0 Å². The highest BCUT2D eigenvalue weighted by molar-refractivity contribution is 5.85. The Labute approximate surface area is 138 Å². The molecule has 0 bridgehead atoms. The minimum absolute atomic E-state index is 0.0190. The van der Waals surface area contributed by atoms with Crippen molar-refractivity contribution in [3.8, 4) is 0 Å². The molecule has 5 heteroatoms. The average Bonchev–Trinajstić information content (AvgIpc) is 2.95. The summed E-state index contributed by atoms with van der Waals surface area (Å²) in [5, 5.41) is 2.72. The Balaban J connectivity index is 1.70. The maximum atomic E-state index is 12.1. The predicted octanol–water partition coefficient (Wildman–Crippen LogP) is 1.24. The van der Waals surface area contributed by atoms with E-state index in [1.165, 1.54) is 5.56 Å². The van der Waals surface area contributed by atoms with Crippen LogP contribution in [0.4, 0.5) is 0 Å². The summed E-state index contributed by atoms with van der Waals surface area (Å²) >= 11 is 0. The molecule has 0 spiro atoms. The standard InChI is InChI=1S/C18H27N3O2/c1-14-3-5-15(6-4-14)7-8-16(22)20-11-17(23)21-10-9-18(2,12-19)13-21/h3-6H,7-13,19H2,1-2H3,(H,20,22). The molecule has 1 heterocycles. The van der Waals surface area contributed by atoms with Gasteiger partial charge in [-0.05, 0) is 37.3 Å². The summed E-state index contributed by atoms with van der Waals surface area (Å²) < 4.78 is 0. The quantitative estimate of drug-likeness (QED) is 0.829. The Hall–Kier alpha value is -1.88. The van der Waals surface area contributed by atoms with Gasteiger partial charge < -0.3 is 16.0 Å². The summed E-state index contributed by atoms with van der Waals surface area (Å²) in [6.07, 6.45) is 2.02. The molecule has 0 aliphatic carbocycles. The molecule has 1 aliphatic heterocycles. The summed E-state index contributed by atoms with van der Waals surface area (Å²) in [5.74, 6) is -0.106. The Morgan fingerprint density at radius 1 is 1.30 bits per heavy atom. The van der Waals surface area contributed by atoms with Crippen LogP contribution in [-0.4, -0.2) is 42.9 Å². The van der Waals surface area contributed by atoms with E-state index in [1.807, 2.05) is 31.2 Å². The van der Waals surface area contributed by atoms with Crippen molar-refractivity contribution in [1.82, 2.24) is 10.2 Å². The van der Waals surface area contributed by atoms with Gasteiger partial charge in [0.2, 0.25) is 11.8 Å². The van der Waals surface area contributed by atoms with E-state index in [1.54, 1.807) is 4.90 Å². The van der Waals surface area contributed by atoms with E-state index in [-0.39, 0.29) is 23.8 Å². The first-order valence-corrected chi connectivity index (χ1v) is 8.22. The minimum Gasteiger partial charge on any atom is -0.347 e. The van der Waals surface area contributed by atoms with Crippen LogP contribution in [-0.2, 0) is 16.0 Å². The number of carbonyl (C=O) groups excluding carboxylic acids is 2. The van der Waals surface area contributed by atoms with Gasteiger partial charge in [-0.3, -0.25) is 9.59 Å². The number of nitrogens with one attached hydrogen (secondary N) is 1. The highest BCUT2D eigenvalue weighted by Gasteiger charge is 2.34. The molecule has 0 radical (unpaired) electrons. The second kappa shape index (κ2) is 7.59. The van der Waals surface area contributed by atoms with Gasteiger partial charge in [0.15, 0.2) is 0 Å². The molecule has 3 N–H and O–H groups in total. The van der Waals surface area contributed by atoms with E-state index in [0.29, 0.717) is 25.9 Å². The van der Waals surface area contributed by atoms with Crippen molar-refractivity contribution in [2.75, 3.05) is 26.2 Å². The lowest BCUT2D eigenvalue weighted by Gasteiger charge is -2.22. The number of benzene rings is 1. The molecule has 126 valence electrons. The molecule has 0 aromatic heterocycles. The first-order valence-electron chi connectivity index (χ1n) is 8.22. The van der Waals surface area contributed by atoms with E-state index < -0.39 is 0 Å². The van der Waals surface area contributed by atoms with Gasteiger partial charge in [-0.15, -0.1) is 0 Å². The first-order chi connectivity index (χ1) is 10.9. The van der Waals surface area contributed by atoms with Crippen LogP contribution in [0.15, 0.2) is 24.3 Å². The van der Waals surface area contributed by atoms with Crippen LogP contribution in [0.2, 0.25) is 0 Å². The topological polar surface area (TPSA) is 75.4 Å². The SMILES string of the molecule is Cc1ccc(CCC(=O)NCC(=O)N2CCC(C)(CN)C2)cc1. The Morgan fingerprint density at radius 2 is 2.00 bits per heavy atom. The maximum absolute atomic E-state index is 12.1. The monoisotopic (exact) mass is 317 g/mol. The summed E-state index contributed by atoms with van der Waals surface area (Å²) in [6.45, 7) is 6.21. The van der Waals surface area contributed by atoms with Gasteiger partial charge in [-0.1, -0.05) is 36.8 Å². The third kappa shape index (κ3) is 5.06. The van der Waals surface area contributed by atoms with Crippen LogP contribution in [0.3, 0.4) is 0 Å². The fourth-order valence-corrected chi connectivity index (χ4v) is 2.79. The summed E-state index contributed by atoms with van der Waals surface area (Å²) in [6, 6.07) is 8.15. The van der Waals surface area contributed by atoms with E-state index in [9.17, 15) is 9.59 Å². The van der Waals surface area contributed by atoms with Gasteiger partial charge >= 0.3 is 0 Å². The molecule has 1 aromatic rings. The number of amides is 2. The van der Waals surface area contributed by atoms with Crippen molar-refractivity contribution < 1.29 is 9.59 Å². The molecule has 1 saturated heterocycles. The molecule has 23 heavy (non-hydrogen) atoms. The van der Waals surface area contributed by atoms with Gasteiger partial charge in [-0.25, -0.2) is 0 Å². The molecule has 0 saturated carbocycles. The normalized spacial score (nSPS) is 20.6. The van der Waals surface area contributed by atoms with E-state index in [4.69, 9.17) is 5.73 Å². The third-order valence-corrected chi connectivity index (χ3v) is 4.60. The molecule has 5 nitrogen and oxygen atoms in total. The molecular formula is C18H27N3O2. The lowest BCUT2D eigenvalue weighted by atomic mass is 9.90. The first kappa shape index (κ1) is 17.5. The van der Waals surface area contributed by atoms with Crippen LogP contribution < -0.4 is 11.1 Å². The molecule has 1 aliphatic rings. The second-order valence-corrected chi connectivity index (χ2v) is 6.84. The zero-order valence-electron chi connectivity index (χ0n) is 14.1. The number of hydrogen-bond acceptors (Lipinski definition) is 3. The zero-order chi connectivity index (χ0) is 16.9. The fourth-order valence-electron chi connectivity index (χ4n) is 2.79. The molecular weight excluding hydrogens is 290 g/mol. The van der Waals surface area contributed by atoms with Crippen molar-refractivity contribution in [2.24, 2.45) is 11.1 Å². The number of rotatable bonds is 6. The van der Waals surface area contributed by atoms with E-state index in [0.717, 1.165) is 18.5 Å². The van der Waals surface area contributed by atoms with Crippen LogP contribution in [0.25, 0.3) is 0 Å². The van der Waals surface area contributed by atoms with Gasteiger partial charge in [0.25, 0.3) is 0 Å². The highest BCUT2D eigenvalue weighted by atomic mass is 16.2. The Kier molecular flexibility index (Phi) is 5.77. The number of nitrogens with two attached hydrogens (primary N) is 1. The summed E-state index contributed by atoms with van der Waals surface area (Å²) in [5.41, 5.74) is 8.11. The number of aryl methyl sites for hydroxylation is 2. The summed E-state index contributed by atoms with van der Waals surface area (Å²) in [4.78, 5) is 25.8. The lowest BCUT2D eigenvalue weighted by Crippen LogP contribution is -2.40. The van der Waals surface area contributed by atoms with Crippen molar-refractivity contribution in [1.29, 1.82) is 0 Å². The number of carbonyl (C=O) groups is 2. The fraction of sp³-hybridized carbons (Fsp3) is 0.556. The van der Waals surface area contributed by atoms with Gasteiger partial charge in [0.05, 0.1) is 6.54 Å². The molecule has 1 aromatic carbocycles. The van der Waals surface area contributed by atoms with Crippen LogP contribution in [0, 0.1) is 12.3 Å². The predicted molar refractivity (Wildman–Crippen MR) is 90.9 cm³/mol. The largest absolute Gasteiger partial charge is 0.347 e. The Morgan fingerprint density at radius 3 is 2.61 bits per heavy atom. The third-order valence-electron chi connectivity index (χ3n) is 4.60. The van der Waals surface area contributed by atoms with Gasteiger partial charge in [0.1, 0.15) is 0 Å². The number of hydrogen-bond donors (Lipinski definition) is 2. The van der Waals surface area contributed by atoms with Crippen LogP contribution in [0.1, 0.15) is 30.9 Å². The molecule has 2 amide bonds. The summed E-state index contributed by atoms with van der Waals surface area (Å²) in [7, 11) is 0. The molecule has 1 fully saturated rings. The Bertz CT molecular complexity index is 556. The molecule has 1 atom stereocenters. The zero-order valence-corrected chi connectivity index (χ0v) is 14.1. The van der Waals surface area contributed by atoms with Gasteiger partial charge in [-0.2, -0.15) is 0 Å². The molecule has 1 unspecified atom stereocenters. The molecule has 2 rings (SSSR count). The maximum Gasteiger partial charge on any atom is 0.241 e. The van der Waals surface area contributed by atoms with E-state index >= 15 is 0 Å². The van der Waals surface area contributed by atoms with Crippen LogP contribution >= 0.6 is 0 Å².